The zero-order valence-corrected chi connectivity index (χ0v) is 4.86. The van der Waals surface area contributed by atoms with E-state index in [4.69, 9.17) is 22.4 Å². The monoisotopic (exact) mass is 123 g/mol. The highest BCUT2D eigenvalue weighted by atomic mass is 35.5. The third kappa shape index (κ3) is 4.05. The molecule has 0 bridgehead atoms. The molecule has 44 valence electrons. The van der Waals surface area contributed by atoms with Gasteiger partial charge in [0.25, 0.3) is 0 Å². The van der Waals surface area contributed by atoms with E-state index in [2.05, 4.69) is 0 Å². The summed E-state index contributed by atoms with van der Waals surface area (Å²) in [4.78, 5) is 0. The molecular formula is C4H10ClNO. The number of aliphatic hydroxyl groups is 1. The Bertz CT molecular complexity index is 42.7. The Morgan fingerprint density at radius 3 is 2.43 bits per heavy atom. The number of rotatable bonds is 3. The molecule has 0 aliphatic carbocycles. The lowest BCUT2D eigenvalue weighted by Gasteiger charge is -2.00. The van der Waals surface area contributed by atoms with Crippen molar-refractivity contribution in [3.05, 3.63) is 0 Å². The largest absolute Gasteiger partial charge is 0.392 e. The summed E-state index contributed by atoms with van der Waals surface area (Å²) in [5.41, 5.74) is 5.05. The summed E-state index contributed by atoms with van der Waals surface area (Å²) in [6.45, 7) is 0.312. The fraction of sp³-hybridized carbons (Fsp3) is 1.00. The zero-order chi connectivity index (χ0) is 5.70. The van der Waals surface area contributed by atoms with Gasteiger partial charge in [-0.05, 0) is 6.42 Å². The SMILES string of the molecule is NCC(O)CCCl. The number of halogens is 1. The van der Waals surface area contributed by atoms with Crippen LogP contribution in [-0.2, 0) is 0 Å². The second-order valence-electron chi connectivity index (χ2n) is 1.37. The summed E-state index contributed by atoms with van der Waals surface area (Å²) in [5.74, 6) is 0.484. The van der Waals surface area contributed by atoms with Gasteiger partial charge in [0.1, 0.15) is 0 Å². The Labute approximate surface area is 48.3 Å². The van der Waals surface area contributed by atoms with Crippen molar-refractivity contribution in [2.45, 2.75) is 12.5 Å². The lowest BCUT2D eigenvalue weighted by molar-refractivity contribution is 0.180. The van der Waals surface area contributed by atoms with Crippen LogP contribution in [0.2, 0.25) is 0 Å². The highest BCUT2D eigenvalue weighted by Gasteiger charge is 1.95. The number of nitrogens with two attached hydrogens (primary N) is 1. The van der Waals surface area contributed by atoms with Gasteiger partial charge in [0.05, 0.1) is 6.10 Å². The molecule has 0 amide bonds. The Morgan fingerprint density at radius 1 is 1.71 bits per heavy atom. The Hall–Kier alpha value is 0.210. The van der Waals surface area contributed by atoms with Crippen molar-refractivity contribution >= 4 is 11.6 Å². The summed E-state index contributed by atoms with van der Waals surface area (Å²) >= 11 is 5.26. The molecule has 0 rings (SSSR count). The van der Waals surface area contributed by atoms with Crippen LogP contribution in [-0.4, -0.2) is 23.6 Å². The molecule has 0 saturated heterocycles. The number of hydrogen-bond donors (Lipinski definition) is 2. The molecule has 0 saturated carbocycles. The standard InChI is InChI=1S/C4H10ClNO/c5-2-1-4(7)3-6/h4,7H,1-3,6H2. The highest BCUT2D eigenvalue weighted by molar-refractivity contribution is 6.17. The predicted molar refractivity (Wildman–Crippen MR) is 30.4 cm³/mol. The molecule has 0 radical (unpaired) electrons. The lowest BCUT2D eigenvalue weighted by atomic mass is 10.3. The third-order valence-corrected chi connectivity index (χ3v) is 0.933. The first-order chi connectivity index (χ1) is 3.31. The molecule has 3 N–H and O–H groups in total. The van der Waals surface area contributed by atoms with Crippen molar-refractivity contribution in [2.75, 3.05) is 12.4 Å². The van der Waals surface area contributed by atoms with Crippen LogP contribution in [0.4, 0.5) is 0 Å². The zero-order valence-electron chi connectivity index (χ0n) is 4.10. The van der Waals surface area contributed by atoms with Gasteiger partial charge >= 0.3 is 0 Å². The maximum absolute atomic E-state index is 8.65. The van der Waals surface area contributed by atoms with Gasteiger partial charge in [0.15, 0.2) is 0 Å². The molecule has 0 aromatic rings. The molecule has 0 heterocycles. The lowest BCUT2D eigenvalue weighted by Crippen LogP contribution is -2.19. The Morgan fingerprint density at radius 2 is 2.29 bits per heavy atom. The van der Waals surface area contributed by atoms with Gasteiger partial charge in [-0.2, -0.15) is 0 Å². The molecule has 1 unspecified atom stereocenters. The van der Waals surface area contributed by atoms with Gasteiger partial charge in [-0.25, -0.2) is 0 Å². The van der Waals surface area contributed by atoms with Crippen molar-refractivity contribution in [1.29, 1.82) is 0 Å². The molecule has 0 aliphatic rings. The van der Waals surface area contributed by atoms with Gasteiger partial charge in [-0.15, -0.1) is 11.6 Å². The van der Waals surface area contributed by atoms with E-state index < -0.39 is 6.10 Å². The van der Waals surface area contributed by atoms with E-state index in [9.17, 15) is 0 Å². The average Bonchev–Trinajstić information content (AvgIpc) is 1.68. The topological polar surface area (TPSA) is 46.2 Å². The predicted octanol–water partition coefficient (Wildman–Crippen LogP) is -0.0651. The summed E-state index contributed by atoms with van der Waals surface area (Å²) in [5, 5.41) is 8.65. The van der Waals surface area contributed by atoms with Crippen LogP contribution in [0.15, 0.2) is 0 Å². The van der Waals surface area contributed by atoms with Gasteiger partial charge in [0.2, 0.25) is 0 Å². The van der Waals surface area contributed by atoms with Crippen LogP contribution < -0.4 is 5.73 Å². The van der Waals surface area contributed by atoms with Gasteiger partial charge in [0, 0.05) is 12.4 Å². The average molecular weight is 124 g/mol. The van der Waals surface area contributed by atoms with E-state index in [1.54, 1.807) is 0 Å². The molecule has 7 heavy (non-hydrogen) atoms. The molecular weight excluding hydrogens is 114 g/mol. The minimum absolute atomic E-state index is 0.312. The fourth-order valence-corrected chi connectivity index (χ4v) is 0.496. The van der Waals surface area contributed by atoms with Gasteiger partial charge in [-0.3, -0.25) is 0 Å². The second kappa shape index (κ2) is 4.37. The summed E-state index contributed by atoms with van der Waals surface area (Å²) in [6.07, 6.45) is 0.190. The van der Waals surface area contributed by atoms with Gasteiger partial charge in [-0.1, -0.05) is 0 Å². The van der Waals surface area contributed by atoms with E-state index in [1.165, 1.54) is 0 Å². The Balaban J connectivity index is 2.83. The van der Waals surface area contributed by atoms with Gasteiger partial charge < -0.3 is 10.8 Å². The van der Waals surface area contributed by atoms with Crippen LogP contribution in [0, 0.1) is 0 Å². The minimum atomic E-state index is -0.405. The van der Waals surface area contributed by atoms with E-state index in [0.29, 0.717) is 18.8 Å². The van der Waals surface area contributed by atoms with Crippen molar-refractivity contribution in [3.8, 4) is 0 Å². The maximum atomic E-state index is 8.65. The smallest absolute Gasteiger partial charge is 0.0673 e. The molecule has 1 atom stereocenters. The van der Waals surface area contributed by atoms with Crippen LogP contribution in [0.5, 0.6) is 0 Å². The molecule has 2 nitrogen and oxygen atoms in total. The first-order valence-electron chi connectivity index (χ1n) is 2.25. The summed E-state index contributed by atoms with van der Waals surface area (Å²) < 4.78 is 0. The van der Waals surface area contributed by atoms with Crippen LogP contribution in [0.1, 0.15) is 6.42 Å². The molecule has 0 spiro atoms. The van der Waals surface area contributed by atoms with E-state index >= 15 is 0 Å². The molecule has 0 fully saturated rings. The number of aliphatic hydroxyl groups excluding tert-OH is 1. The van der Waals surface area contributed by atoms with E-state index in [1.807, 2.05) is 0 Å². The molecule has 3 heteroatoms. The van der Waals surface area contributed by atoms with Crippen LogP contribution in [0.3, 0.4) is 0 Å². The maximum Gasteiger partial charge on any atom is 0.0673 e. The number of hydrogen-bond acceptors (Lipinski definition) is 2. The quantitative estimate of drug-likeness (QED) is 0.517. The Kier molecular flexibility index (Phi) is 4.50. The normalized spacial score (nSPS) is 14.1. The number of alkyl halides is 1. The van der Waals surface area contributed by atoms with Crippen molar-refractivity contribution in [3.63, 3.8) is 0 Å². The first-order valence-corrected chi connectivity index (χ1v) is 2.78. The molecule has 0 aliphatic heterocycles. The highest BCUT2D eigenvalue weighted by Crippen LogP contribution is 1.89. The fourth-order valence-electron chi connectivity index (χ4n) is 0.244. The van der Waals surface area contributed by atoms with Crippen LogP contribution >= 0.6 is 11.6 Å². The third-order valence-electron chi connectivity index (χ3n) is 0.714. The van der Waals surface area contributed by atoms with Crippen LogP contribution in [0.25, 0.3) is 0 Å². The summed E-state index contributed by atoms with van der Waals surface area (Å²) in [7, 11) is 0. The molecule has 0 aromatic carbocycles. The summed E-state index contributed by atoms with van der Waals surface area (Å²) in [6, 6.07) is 0. The molecule has 0 aromatic heterocycles. The van der Waals surface area contributed by atoms with Crippen molar-refractivity contribution in [2.24, 2.45) is 5.73 Å². The second-order valence-corrected chi connectivity index (χ2v) is 1.75. The van der Waals surface area contributed by atoms with E-state index in [-0.39, 0.29) is 0 Å². The van der Waals surface area contributed by atoms with Crippen molar-refractivity contribution in [1.82, 2.24) is 0 Å². The minimum Gasteiger partial charge on any atom is -0.392 e. The van der Waals surface area contributed by atoms with E-state index in [0.717, 1.165) is 0 Å². The first kappa shape index (κ1) is 7.21. The van der Waals surface area contributed by atoms with Crippen molar-refractivity contribution < 1.29 is 5.11 Å².